The third-order valence-electron chi connectivity index (χ3n) is 4.17. The lowest BCUT2D eigenvalue weighted by Crippen LogP contribution is -2.22. The molecule has 2 aromatic heterocycles. The molecule has 8 heteroatoms. The van der Waals surface area contributed by atoms with Crippen LogP contribution < -0.4 is 10.1 Å². The van der Waals surface area contributed by atoms with Crippen molar-refractivity contribution < 1.29 is 9.53 Å². The van der Waals surface area contributed by atoms with Crippen molar-refractivity contribution in [3.63, 3.8) is 0 Å². The highest BCUT2D eigenvalue weighted by molar-refractivity contribution is 8.00. The molecule has 150 valence electrons. The molecule has 2 N–H and O–H groups in total. The van der Waals surface area contributed by atoms with Gasteiger partial charge in [-0.2, -0.15) is 0 Å². The zero-order valence-electron chi connectivity index (χ0n) is 16.1. The zero-order valence-corrected chi connectivity index (χ0v) is 17.0. The number of pyridine rings is 1. The van der Waals surface area contributed by atoms with Gasteiger partial charge in [-0.1, -0.05) is 30.0 Å². The summed E-state index contributed by atoms with van der Waals surface area (Å²) < 4.78 is 5.76. The number of hydrogen-bond donors (Lipinski definition) is 2. The number of para-hydroxylation sites is 1. The summed E-state index contributed by atoms with van der Waals surface area (Å²) in [6, 6.07) is 20.5. The summed E-state index contributed by atoms with van der Waals surface area (Å²) in [4.78, 5) is 21.0. The van der Waals surface area contributed by atoms with Gasteiger partial charge < -0.3 is 10.1 Å². The van der Waals surface area contributed by atoms with Crippen molar-refractivity contribution >= 4 is 23.4 Å². The Bertz CT molecular complexity index is 1100. The first-order chi connectivity index (χ1) is 14.7. The highest BCUT2D eigenvalue weighted by atomic mass is 32.2. The summed E-state index contributed by atoms with van der Waals surface area (Å²) >= 11 is 1.29. The number of aromatic nitrogens is 4. The van der Waals surface area contributed by atoms with E-state index < -0.39 is 0 Å². The molecule has 0 radical (unpaired) electrons. The van der Waals surface area contributed by atoms with Crippen LogP contribution in [0.1, 0.15) is 6.92 Å². The van der Waals surface area contributed by atoms with Gasteiger partial charge in [0.05, 0.1) is 5.25 Å². The number of hydrogen-bond acceptors (Lipinski definition) is 6. The Hall–Kier alpha value is -3.65. The number of rotatable bonds is 7. The van der Waals surface area contributed by atoms with Gasteiger partial charge in [-0.25, -0.2) is 4.98 Å². The average Bonchev–Trinajstić information content (AvgIpc) is 3.25. The van der Waals surface area contributed by atoms with Gasteiger partial charge >= 0.3 is 0 Å². The molecule has 0 saturated carbocycles. The van der Waals surface area contributed by atoms with E-state index in [1.54, 1.807) is 12.4 Å². The van der Waals surface area contributed by atoms with E-state index in [0.717, 1.165) is 11.3 Å². The van der Waals surface area contributed by atoms with Crippen molar-refractivity contribution in [1.29, 1.82) is 0 Å². The highest BCUT2D eigenvalue weighted by Gasteiger charge is 2.17. The van der Waals surface area contributed by atoms with Crippen LogP contribution in [0.15, 0.2) is 84.3 Å². The molecule has 4 aromatic rings. The van der Waals surface area contributed by atoms with Crippen LogP contribution in [-0.4, -0.2) is 31.3 Å². The first-order valence-electron chi connectivity index (χ1n) is 9.31. The summed E-state index contributed by atoms with van der Waals surface area (Å²) in [7, 11) is 0. The molecule has 4 rings (SSSR count). The number of ether oxygens (including phenoxy) is 1. The maximum atomic E-state index is 12.5. The van der Waals surface area contributed by atoms with E-state index >= 15 is 0 Å². The van der Waals surface area contributed by atoms with E-state index in [1.165, 1.54) is 11.8 Å². The Morgan fingerprint density at radius 1 is 1.00 bits per heavy atom. The van der Waals surface area contributed by atoms with Crippen LogP contribution in [-0.2, 0) is 4.79 Å². The molecule has 0 spiro atoms. The second-order valence-corrected chi connectivity index (χ2v) is 7.70. The second-order valence-electron chi connectivity index (χ2n) is 6.39. The van der Waals surface area contributed by atoms with Crippen LogP contribution in [0, 0.1) is 0 Å². The fourth-order valence-electron chi connectivity index (χ4n) is 2.62. The number of nitrogens with zero attached hydrogens (tertiary/aromatic N) is 3. The van der Waals surface area contributed by atoms with E-state index in [1.807, 2.05) is 73.7 Å². The molecule has 7 nitrogen and oxygen atoms in total. The monoisotopic (exact) mass is 417 g/mol. The molecular weight excluding hydrogens is 398 g/mol. The number of carbonyl (C=O) groups excluding carboxylic acids is 1. The third-order valence-corrected chi connectivity index (χ3v) is 5.13. The van der Waals surface area contributed by atoms with Crippen LogP contribution in [0.4, 0.5) is 5.69 Å². The molecule has 1 amide bonds. The van der Waals surface area contributed by atoms with E-state index in [-0.39, 0.29) is 11.2 Å². The largest absolute Gasteiger partial charge is 0.457 e. The minimum absolute atomic E-state index is 0.132. The van der Waals surface area contributed by atoms with Gasteiger partial charge in [-0.15, -0.1) is 5.10 Å². The molecule has 30 heavy (non-hydrogen) atoms. The number of thioether (sulfide) groups is 1. The van der Waals surface area contributed by atoms with Gasteiger partial charge in [0, 0.05) is 23.6 Å². The first-order valence-corrected chi connectivity index (χ1v) is 10.2. The Morgan fingerprint density at radius 3 is 2.43 bits per heavy atom. The smallest absolute Gasteiger partial charge is 0.237 e. The lowest BCUT2D eigenvalue weighted by molar-refractivity contribution is -0.115. The van der Waals surface area contributed by atoms with Crippen LogP contribution in [0.3, 0.4) is 0 Å². The van der Waals surface area contributed by atoms with Crippen LogP contribution >= 0.6 is 11.8 Å². The topological polar surface area (TPSA) is 92.8 Å². The van der Waals surface area contributed by atoms with Crippen molar-refractivity contribution in [3.8, 4) is 22.9 Å². The SMILES string of the molecule is CC(Sc1n[nH]c(-c2ccncc2)n1)C(=O)Nc1ccc(Oc2ccccc2)cc1. The fourth-order valence-corrected chi connectivity index (χ4v) is 3.35. The molecule has 1 atom stereocenters. The van der Waals surface area contributed by atoms with E-state index in [4.69, 9.17) is 4.74 Å². The molecule has 0 saturated heterocycles. The van der Waals surface area contributed by atoms with E-state index in [2.05, 4.69) is 25.5 Å². The Morgan fingerprint density at radius 2 is 1.70 bits per heavy atom. The van der Waals surface area contributed by atoms with Gasteiger partial charge in [0.15, 0.2) is 5.82 Å². The molecule has 0 aliphatic rings. The molecule has 0 fully saturated rings. The number of carbonyl (C=O) groups is 1. The van der Waals surface area contributed by atoms with Crippen molar-refractivity contribution in [2.75, 3.05) is 5.32 Å². The lowest BCUT2D eigenvalue weighted by atomic mass is 10.3. The minimum atomic E-state index is -0.369. The lowest BCUT2D eigenvalue weighted by Gasteiger charge is -2.11. The zero-order chi connectivity index (χ0) is 20.8. The first kappa shape index (κ1) is 19.7. The highest BCUT2D eigenvalue weighted by Crippen LogP contribution is 2.25. The standard InChI is InChI=1S/C22H19N5O2S/c1-15(30-22-25-20(26-27-22)16-11-13-23-14-12-16)21(28)24-17-7-9-19(10-8-17)29-18-5-3-2-4-6-18/h2-15H,1H3,(H,24,28)(H,25,26,27). The minimum Gasteiger partial charge on any atom is -0.457 e. The van der Waals surface area contributed by atoms with Gasteiger partial charge in [-0.05, 0) is 55.5 Å². The van der Waals surface area contributed by atoms with E-state index in [9.17, 15) is 4.79 Å². The van der Waals surface area contributed by atoms with Gasteiger partial charge in [0.2, 0.25) is 11.1 Å². The third kappa shape index (κ3) is 5.03. The van der Waals surface area contributed by atoms with E-state index in [0.29, 0.717) is 22.4 Å². The summed E-state index contributed by atoms with van der Waals surface area (Å²) in [6.45, 7) is 1.81. The summed E-state index contributed by atoms with van der Waals surface area (Å²) in [6.07, 6.45) is 3.38. The Balaban J connectivity index is 1.33. The number of benzene rings is 2. The van der Waals surface area contributed by atoms with Crippen LogP contribution in [0.5, 0.6) is 11.5 Å². The molecule has 2 aromatic carbocycles. The van der Waals surface area contributed by atoms with Gasteiger partial charge in [0.25, 0.3) is 0 Å². The molecule has 1 unspecified atom stereocenters. The van der Waals surface area contributed by atoms with Crippen molar-refractivity contribution in [2.24, 2.45) is 0 Å². The Labute approximate surface area is 177 Å². The molecule has 2 heterocycles. The summed E-state index contributed by atoms with van der Waals surface area (Å²) in [5.74, 6) is 1.97. The van der Waals surface area contributed by atoms with Crippen molar-refractivity contribution in [1.82, 2.24) is 20.2 Å². The summed E-state index contributed by atoms with van der Waals surface area (Å²) in [5.41, 5.74) is 1.58. The normalized spacial score (nSPS) is 11.6. The molecular formula is C22H19N5O2S. The number of nitrogens with one attached hydrogen (secondary N) is 2. The maximum absolute atomic E-state index is 12.5. The van der Waals surface area contributed by atoms with Crippen molar-refractivity contribution in [3.05, 3.63) is 79.1 Å². The number of anilines is 1. The number of amides is 1. The Kier molecular flexibility index (Phi) is 6.05. The van der Waals surface area contributed by atoms with Crippen LogP contribution in [0.2, 0.25) is 0 Å². The molecule has 0 aliphatic heterocycles. The molecule has 0 bridgehead atoms. The fraction of sp³-hybridized carbons (Fsp3) is 0.0909. The van der Waals surface area contributed by atoms with Gasteiger partial charge in [-0.3, -0.25) is 14.9 Å². The number of aromatic amines is 1. The predicted octanol–water partition coefficient (Wildman–Crippen LogP) is 4.78. The number of H-pyrrole nitrogens is 1. The maximum Gasteiger partial charge on any atom is 0.237 e. The van der Waals surface area contributed by atoms with Gasteiger partial charge in [0.1, 0.15) is 11.5 Å². The quantitative estimate of drug-likeness (QED) is 0.421. The average molecular weight is 417 g/mol. The summed E-state index contributed by atoms with van der Waals surface area (Å²) in [5, 5.41) is 10.1. The predicted molar refractivity (Wildman–Crippen MR) is 117 cm³/mol. The molecule has 0 aliphatic carbocycles. The second kappa shape index (κ2) is 9.23. The van der Waals surface area contributed by atoms with Crippen molar-refractivity contribution in [2.45, 2.75) is 17.3 Å². The van der Waals surface area contributed by atoms with Crippen LogP contribution in [0.25, 0.3) is 11.4 Å².